The minimum absolute atomic E-state index is 0.152. The highest BCUT2D eigenvalue weighted by atomic mass is 35.5. The van der Waals surface area contributed by atoms with Crippen LogP contribution in [0, 0.1) is 0 Å². The van der Waals surface area contributed by atoms with Crippen molar-refractivity contribution < 1.29 is 14.7 Å². The van der Waals surface area contributed by atoms with Gasteiger partial charge in [-0.05, 0) is 26.0 Å². The number of aliphatic carboxylic acids is 1. The zero-order valence-corrected chi connectivity index (χ0v) is 11.5. The number of carboxylic acids is 1. The third-order valence-corrected chi connectivity index (χ3v) is 2.86. The lowest BCUT2D eigenvalue weighted by atomic mass is 10.00. The van der Waals surface area contributed by atoms with E-state index in [9.17, 15) is 9.59 Å². The third kappa shape index (κ3) is 3.89. The topological polar surface area (TPSA) is 66.4 Å². The summed E-state index contributed by atoms with van der Waals surface area (Å²) < 4.78 is 0. The van der Waals surface area contributed by atoms with E-state index in [2.05, 4.69) is 5.32 Å². The Balaban J connectivity index is 2.92. The molecule has 98 valence electrons. The van der Waals surface area contributed by atoms with Crippen molar-refractivity contribution in [1.29, 1.82) is 0 Å². The number of rotatable bonds is 4. The minimum Gasteiger partial charge on any atom is -0.481 e. The molecular weight excluding hydrogens is 277 g/mol. The van der Waals surface area contributed by atoms with Gasteiger partial charge in [0, 0.05) is 5.54 Å². The molecule has 6 heteroatoms. The number of amides is 1. The normalized spacial score (nSPS) is 11.1. The Labute approximate surface area is 115 Å². The molecule has 2 N–H and O–H groups in total. The lowest BCUT2D eigenvalue weighted by Gasteiger charge is -2.24. The highest BCUT2D eigenvalue weighted by Gasteiger charge is 2.26. The van der Waals surface area contributed by atoms with Crippen LogP contribution in [-0.4, -0.2) is 22.5 Å². The van der Waals surface area contributed by atoms with Gasteiger partial charge in [-0.2, -0.15) is 0 Å². The molecule has 0 saturated heterocycles. The van der Waals surface area contributed by atoms with Crippen molar-refractivity contribution >= 4 is 35.1 Å². The second kappa shape index (κ2) is 5.59. The summed E-state index contributed by atoms with van der Waals surface area (Å²) in [5.74, 6) is -1.48. The molecule has 0 heterocycles. The summed E-state index contributed by atoms with van der Waals surface area (Å²) in [6, 6.07) is 4.73. The van der Waals surface area contributed by atoms with Gasteiger partial charge in [0.25, 0.3) is 5.91 Å². The third-order valence-electron chi connectivity index (χ3n) is 2.23. The first-order valence-electron chi connectivity index (χ1n) is 5.21. The molecule has 1 aromatic carbocycles. The van der Waals surface area contributed by atoms with Gasteiger partial charge >= 0.3 is 5.97 Å². The number of hydrogen-bond donors (Lipinski definition) is 2. The van der Waals surface area contributed by atoms with Crippen molar-refractivity contribution in [2.24, 2.45) is 0 Å². The molecule has 1 rings (SSSR count). The maximum absolute atomic E-state index is 12.0. The molecule has 0 bridgehead atoms. The summed E-state index contributed by atoms with van der Waals surface area (Å²) in [5, 5.41) is 11.8. The molecular formula is C12H13Cl2NO3. The highest BCUT2D eigenvalue weighted by Crippen LogP contribution is 2.25. The first-order valence-corrected chi connectivity index (χ1v) is 5.97. The fourth-order valence-corrected chi connectivity index (χ4v) is 2.08. The zero-order valence-electron chi connectivity index (χ0n) is 9.96. The van der Waals surface area contributed by atoms with Gasteiger partial charge in [-0.1, -0.05) is 29.3 Å². The second-order valence-electron chi connectivity index (χ2n) is 4.51. The van der Waals surface area contributed by atoms with Crippen molar-refractivity contribution in [3.63, 3.8) is 0 Å². The average Bonchev–Trinajstić information content (AvgIpc) is 2.13. The molecule has 18 heavy (non-hydrogen) atoms. The van der Waals surface area contributed by atoms with Crippen molar-refractivity contribution in [3.8, 4) is 0 Å². The molecule has 0 fully saturated rings. The first-order chi connectivity index (χ1) is 8.23. The maximum Gasteiger partial charge on any atom is 0.305 e. The van der Waals surface area contributed by atoms with E-state index >= 15 is 0 Å². The van der Waals surface area contributed by atoms with E-state index < -0.39 is 17.4 Å². The predicted molar refractivity (Wildman–Crippen MR) is 70.3 cm³/mol. The number of carbonyl (C=O) groups is 2. The Morgan fingerprint density at radius 3 is 2.22 bits per heavy atom. The molecule has 0 atom stereocenters. The predicted octanol–water partition coefficient (Wildman–Crippen LogP) is 2.98. The van der Waals surface area contributed by atoms with E-state index in [4.69, 9.17) is 28.3 Å². The van der Waals surface area contributed by atoms with Crippen LogP contribution in [0.5, 0.6) is 0 Å². The molecule has 1 aromatic rings. The highest BCUT2D eigenvalue weighted by molar-refractivity contribution is 6.39. The number of carboxylic acid groups (broad SMARTS) is 1. The Morgan fingerprint density at radius 1 is 1.28 bits per heavy atom. The standard InChI is InChI=1S/C12H13Cl2NO3/c1-12(2,6-9(16)17)15-11(18)10-7(13)4-3-5-8(10)14/h3-5H,6H2,1-2H3,(H,15,18)(H,16,17). The zero-order chi connectivity index (χ0) is 13.9. The van der Waals surface area contributed by atoms with Crippen molar-refractivity contribution in [1.82, 2.24) is 5.32 Å². The Hall–Kier alpha value is -1.26. The Morgan fingerprint density at radius 2 is 1.78 bits per heavy atom. The lowest BCUT2D eigenvalue weighted by molar-refractivity contribution is -0.138. The van der Waals surface area contributed by atoms with Crippen molar-refractivity contribution in [3.05, 3.63) is 33.8 Å². The molecule has 0 aliphatic carbocycles. The second-order valence-corrected chi connectivity index (χ2v) is 5.32. The largest absolute Gasteiger partial charge is 0.481 e. The van der Waals surface area contributed by atoms with Crippen LogP contribution in [0.1, 0.15) is 30.6 Å². The molecule has 0 aliphatic rings. The van der Waals surface area contributed by atoms with Gasteiger partial charge in [-0.15, -0.1) is 0 Å². The summed E-state index contributed by atoms with van der Waals surface area (Å²) in [7, 11) is 0. The Bertz CT molecular complexity index is 466. The van der Waals surface area contributed by atoms with Gasteiger partial charge in [0.2, 0.25) is 0 Å². The molecule has 1 amide bonds. The number of halogens is 2. The van der Waals surface area contributed by atoms with Crippen LogP contribution in [0.25, 0.3) is 0 Å². The smallest absolute Gasteiger partial charge is 0.305 e. The Kier molecular flexibility index (Phi) is 4.59. The lowest BCUT2D eigenvalue weighted by Crippen LogP contribution is -2.45. The number of benzene rings is 1. The van der Waals surface area contributed by atoms with E-state index in [1.807, 2.05) is 0 Å². The first kappa shape index (κ1) is 14.8. The number of hydrogen-bond acceptors (Lipinski definition) is 2. The number of carbonyl (C=O) groups excluding carboxylic acids is 1. The van der Waals surface area contributed by atoms with Crippen LogP contribution >= 0.6 is 23.2 Å². The summed E-state index contributed by atoms with van der Waals surface area (Å²) in [5.41, 5.74) is -0.731. The van der Waals surface area contributed by atoms with Gasteiger partial charge in [0.15, 0.2) is 0 Å². The minimum atomic E-state index is -0.995. The van der Waals surface area contributed by atoms with E-state index in [1.54, 1.807) is 32.0 Å². The molecule has 0 aliphatic heterocycles. The quantitative estimate of drug-likeness (QED) is 0.895. The van der Waals surface area contributed by atoms with E-state index in [0.29, 0.717) is 0 Å². The fraction of sp³-hybridized carbons (Fsp3) is 0.333. The number of nitrogens with one attached hydrogen (secondary N) is 1. The fourth-order valence-electron chi connectivity index (χ4n) is 1.51. The molecule has 4 nitrogen and oxygen atoms in total. The van der Waals surface area contributed by atoms with Crippen LogP contribution < -0.4 is 5.32 Å². The van der Waals surface area contributed by atoms with E-state index in [0.717, 1.165) is 0 Å². The maximum atomic E-state index is 12.0. The molecule has 0 spiro atoms. The van der Waals surface area contributed by atoms with Crippen LogP contribution in [0.2, 0.25) is 10.0 Å². The monoisotopic (exact) mass is 289 g/mol. The van der Waals surface area contributed by atoms with Gasteiger partial charge in [0.1, 0.15) is 0 Å². The average molecular weight is 290 g/mol. The van der Waals surface area contributed by atoms with Gasteiger partial charge in [-0.3, -0.25) is 9.59 Å². The van der Waals surface area contributed by atoms with Crippen LogP contribution in [0.4, 0.5) is 0 Å². The summed E-state index contributed by atoms with van der Waals surface area (Å²) in [6.07, 6.45) is -0.194. The van der Waals surface area contributed by atoms with Crippen LogP contribution in [-0.2, 0) is 4.79 Å². The summed E-state index contributed by atoms with van der Waals surface area (Å²) in [6.45, 7) is 3.23. The van der Waals surface area contributed by atoms with Crippen molar-refractivity contribution in [2.75, 3.05) is 0 Å². The SMILES string of the molecule is CC(C)(CC(=O)O)NC(=O)c1c(Cl)cccc1Cl. The molecule has 0 saturated carbocycles. The van der Waals surface area contributed by atoms with Gasteiger partial charge in [-0.25, -0.2) is 0 Å². The van der Waals surface area contributed by atoms with E-state index in [-0.39, 0.29) is 22.0 Å². The van der Waals surface area contributed by atoms with Crippen LogP contribution in [0.3, 0.4) is 0 Å². The molecule has 0 unspecified atom stereocenters. The summed E-state index contributed by atoms with van der Waals surface area (Å²) in [4.78, 5) is 22.7. The van der Waals surface area contributed by atoms with Gasteiger partial charge in [0.05, 0.1) is 22.0 Å². The van der Waals surface area contributed by atoms with Gasteiger partial charge < -0.3 is 10.4 Å². The van der Waals surface area contributed by atoms with Crippen LogP contribution in [0.15, 0.2) is 18.2 Å². The molecule has 0 radical (unpaired) electrons. The summed E-state index contributed by atoms with van der Waals surface area (Å²) >= 11 is 11.8. The molecule has 0 aromatic heterocycles. The van der Waals surface area contributed by atoms with Crippen molar-refractivity contribution in [2.45, 2.75) is 25.8 Å². The van der Waals surface area contributed by atoms with E-state index in [1.165, 1.54) is 0 Å².